The number of pyridine rings is 1. The van der Waals surface area contributed by atoms with E-state index in [0.29, 0.717) is 0 Å². The predicted molar refractivity (Wildman–Crippen MR) is 85.2 cm³/mol. The summed E-state index contributed by atoms with van der Waals surface area (Å²) in [6, 6.07) is 8.90. The van der Waals surface area contributed by atoms with Crippen molar-refractivity contribution < 1.29 is 0 Å². The van der Waals surface area contributed by atoms with E-state index in [0.717, 1.165) is 12.1 Å². The minimum atomic E-state index is 0.158. The summed E-state index contributed by atoms with van der Waals surface area (Å²) in [5.41, 5.74) is 7.77. The van der Waals surface area contributed by atoms with Crippen LogP contribution in [-0.4, -0.2) is 12.0 Å². The van der Waals surface area contributed by atoms with Crippen LogP contribution in [0.1, 0.15) is 46.5 Å². The summed E-state index contributed by atoms with van der Waals surface area (Å²) in [6.45, 7) is 8.70. The molecule has 1 atom stereocenters. The van der Waals surface area contributed by atoms with Crippen LogP contribution in [0.15, 0.2) is 30.5 Å². The van der Waals surface area contributed by atoms with Gasteiger partial charge in [-0.15, -0.1) is 0 Å². The average Bonchev–Trinajstić information content (AvgIpc) is 2.45. The Balaban J connectivity index is 2.55. The summed E-state index contributed by atoms with van der Waals surface area (Å²) in [4.78, 5) is 4.63. The van der Waals surface area contributed by atoms with Crippen LogP contribution in [0.3, 0.4) is 0 Å². The van der Waals surface area contributed by atoms with E-state index in [2.05, 4.69) is 56.2 Å². The maximum atomic E-state index is 4.63. The zero-order valence-electron chi connectivity index (χ0n) is 13.1. The molecule has 1 aromatic heterocycles. The molecule has 2 aromatic rings. The number of benzene rings is 1. The van der Waals surface area contributed by atoms with Crippen LogP contribution in [0.2, 0.25) is 0 Å². The van der Waals surface area contributed by atoms with Crippen molar-refractivity contribution in [3.63, 3.8) is 0 Å². The van der Waals surface area contributed by atoms with E-state index in [4.69, 9.17) is 0 Å². The van der Waals surface area contributed by atoms with E-state index in [1.165, 1.54) is 27.8 Å². The molecule has 0 aliphatic carbocycles. The first kappa shape index (κ1) is 14.7. The molecule has 0 saturated heterocycles. The van der Waals surface area contributed by atoms with Gasteiger partial charge in [0, 0.05) is 6.20 Å². The highest BCUT2D eigenvalue weighted by molar-refractivity contribution is 5.42. The van der Waals surface area contributed by atoms with Gasteiger partial charge in [0.2, 0.25) is 0 Å². The van der Waals surface area contributed by atoms with Crippen LogP contribution in [0.5, 0.6) is 0 Å². The molecule has 2 nitrogen and oxygen atoms in total. The number of rotatable bonds is 4. The molecule has 0 spiro atoms. The van der Waals surface area contributed by atoms with E-state index in [1.807, 2.05) is 19.3 Å². The van der Waals surface area contributed by atoms with Gasteiger partial charge in [-0.2, -0.15) is 0 Å². The fourth-order valence-corrected chi connectivity index (χ4v) is 2.74. The fourth-order valence-electron chi connectivity index (χ4n) is 2.74. The molecule has 106 valence electrons. The van der Waals surface area contributed by atoms with Gasteiger partial charge >= 0.3 is 0 Å². The van der Waals surface area contributed by atoms with Crippen molar-refractivity contribution in [1.82, 2.24) is 10.3 Å². The molecule has 20 heavy (non-hydrogen) atoms. The van der Waals surface area contributed by atoms with E-state index in [1.54, 1.807) is 0 Å². The first-order valence-corrected chi connectivity index (χ1v) is 7.27. The highest BCUT2D eigenvalue weighted by Crippen LogP contribution is 2.28. The summed E-state index contributed by atoms with van der Waals surface area (Å²) in [6.07, 6.45) is 2.89. The molecule has 1 N–H and O–H groups in total. The first-order chi connectivity index (χ1) is 9.58. The average molecular weight is 268 g/mol. The van der Waals surface area contributed by atoms with E-state index >= 15 is 0 Å². The van der Waals surface area contributed by atoms with Crippen LogP contribution < -0.4 is 5.32 Å². The maximum absolute atomic E-state index is 4.63. The molecule has 1 unspecified atom stereocenters. The van der Waals surface area contributed by atoms with Crippen LogP contribution in [0.4, 0.5) is 0 Å². The molecule has 0 bridgehead atoms. The lowest BCUT2D eigenvalue weighted by molar-refractivity contribution is 0.657. The van der Waals surface area contributed by atoms with Gasteiger partial charge < -0.3 is 5.32 Å². The standard InChI is InChI=1S/C18H24N2/c1-6-15-8-7-9-20-17(15)18(19-5)16-11-13(3)12(2)10-14(16)4/h7-11,18-19H,6H2,1-5H3. The van der Waals surface area contributed by atoms with Crippen LogP contribution in [0, 0.1) is 20.8 Å². The summed E-state index contributed by atoms with van der Waals surface area (Å²) >= 11 is 0. The molecule has 0 amide bonds. The molecular formula is C18H24N2. The third-order valence-corrected chi connectivity index (χ3v) is 4.06. The maximum Gasteiger partial charge on any atom is 0.0754 e. The number of hydrogen-bond acceptors (Lipinski definition) is 2. The second-order valence-corrected chi connectivity index (χ2v) is 5.42. The molecule has 1 heterocycles. The smallest absolute Gasteiger partial charge is 0.0754 e. The Morgan fingerprint density at radius 1 is 1.10 bits per heavy atom. The topological polar surface area (TPSA) is 24.9 Å². The Bertz CT molecular complexity index is 602. The number of aryl methyl sites for hydroxylation is 4. The van der Waals surface area contributed by atoms with Crippen molar-refractivity contribution in [3.8, 4) is 0 Å². The molecule has 0 aliphatic heterocycles. The van der Waals surface area contributed by atoms with Gasteiger partial charge in [-0.05, 0) is 68.1 Å². The molecular weight excluding hydrogens is 244 g/mol. The lowest BCUT2D eigenvalue weighted by atomic mass is 9.92. The van der Waals surface area contributed by atoms with Gasteiger partial charge in [0.1, 0.15) is 0 Å². The molecule has 0 saturated carbocycles. The Kier molecular flexibility index (Phi) is 4.56. The third-order valence-electron chi connectivity index (χ3n) is 4.06. The van der Waals surface area contributed by atoms with Gasteiger partial charge in [0.15, 0.2) is 0 Å². The highest BCUT2D eigenvalue weighted by Gasteiger charge is 2.18. The molecule has 0 fully saturated rings. The van der Waals surface area contributed by atoms with Gasteiger partial charge in [-0.25, -0.2) is 0 Å². The highest BCUT2D eigenvalue weighted by atomic mass is 14.9. The summed E-state index contributed by atoms with van der Waals surface area (Å²) in [7, 11) is 2.01. The van der Waals surface area contributed by atoms with Crippen LogP contribution >= 0.6 is 0 Å². The number of nitrogens with zero attached hydrogens (tertiary/aromatic N) is 1. The predicted octanol–water partition coefficient (Wildman–Crippen LogP) is 3.88. The second kappa shape index (κ2) is 6.19. The van der Waals surface area contributed by atoms with Crippen LogP contribution in [0.25, 0.3) is 0 Å². The van der Waals surface area contributed by atoms with Crippen molar-refractivity contribution >= 4 is 0 Å². The monoisotopic (exact) mass is 268 g/mol. The van der Waals surface area contributed by atoms with Gasteiger partial charge in [0.25, 0.3) is 0 Å². The number of hydrogen-bond donors (Lipinski definition) is 1. The molecule has 2 heteroatoms. The first-order valence-electron chi connectivity index (χ1n) is 7.27. The second-order valence-electron chi connectivity index (χ2n) is 5.42. The van der Waals surface area contributed by atoms with Crippen LogP contribution in [-0.2, 0) is 6.42 Å². The van der Waals surface area contributed by atoms with Crippen molar-refractivity contribution in [2.24, 2.45) is 0 Å². The van der Waals surface area contributed by atoms with Gasteiger partial charge in [-0.1, -0.05) is 25.1 Å². The lowest BCUT2D eigenvalue weighted by Crippen LogP contribution is -2.21. The Morgan fingerprint density at radius 3 is 2.45 bits per heavy atom. The zero-order chi connectivity index (χ0) is 14.7. The van der Waals surface area contributed by atoms with Gasteiger partial charge in [-0.3, -0.25) is 4.98 Å². The number of nitrogens with one attached hydrogen (secondary N) is 1. The quantitative estimate of drug-likeness (QED) is 0.910. The fraction of sp³-hybridized carbons (Fsp3) is 0.389. The van der Waals surface area contributed by atoms with E-state index < -0.39 is 0 Å². The SMILES string of the molecule is CCc1cccnc1C(NC)c1cc(C)c(C)cc1C. The number of aromatic nitrogens is 1. The Labute approximate surface area is 122 Å². The van der Waals surface area contributed by atoms with Crippen molar-refractivity contribution in [1.29, 1.82) is 0 Å². The minimum Gasteiger partial charge on any atom is -0.308 e. The van der Waals surface area contributed by atoms with Gasteiger partial charge in [0.05, 0.1) is 11.7 Å². The molecule has 0 aliphatic rings. The summed E-state index contributed by atoms with van der Waals surface area (Å²) in [5.74, 6) is 0. The van der Waals surface area contributed by atoms with Crippen molar-refractivity contribution in [3.05, 3.63) is 64.0 Å². The minimum absolute atomic E-state index is 0.158. The van der Waals surface area contributed by atoms with Crippen molar-refractivity contribution in [2.45, 2.75) is 40.2 Å². The summed E-state index contributed by atoms with van der Waals surface area (Å²) in [5, 5.41) is 3.43. The largest absolute Gasteiger partial charge is 0.308 e. The summed E-state index contributed by atoms with van der Waals surface area (Å²) < 4.78 is 0. The third kappa shape index (κ3) is 2.75. The zero-order valence-corrected chi connectivity index (χ0v) is 13.1. The van der Waals surface area contributed by atoms with E-state index in [9.17, 15) is 0 Å². The van der Waals surface area contributed by atoms with Crippen molar-refractivity contribution in [2.75, 3.05) is 7.05 Å². The Morgan fingerprint density at radius 2 is 1.80 bits per heavy atom. The Hall–Kier alpha value is -1.67. The molecule has 2 rings (SSSR count). The normalized spacial score (nSPS) is 12.4. The molecule has 0 radical (unpaired) electrons. The lowest BCUT2D eigenvalue weighted by Gasteiger charge is -2.22. The molecule has 1 aromatic carbocycles. The van der Waals surface area contributed by atoms with E-state index in [-0.39, 0.29) is 6.04 Å².